The third kappa shape index (κ3) is 3.56. The van der Waals surface area contributed by atoms with Gasteiger partial charge >= 0.3 is 8.32 Å². The molecule has 4 heteroatoms. The van der Waals surface area contributed by atoms with Gasteiger partial charge in [0, 0.05) is 10.3 Å². The van der Waals surface area contributed by atoms with E-state index in [9.17, 15) is 4.39 Å². The second kappa shape index (κ2) is 7.16. The summed E-state index contributed by atoms with van der Waals surface area (Å²) >= 11 is 1.39. The van der Waals surface area contributed by atoms with Crippen molar-refractivity contribution in [2.24, 2.45) is 0 Å². The maximum atomic E-state index is 13.4. The average Bonchev–Trinajstić information content (AvgIpc) is 3.02. The SMILES string of the molecule is [CH2+]C(C)(C)[Si](OCc1cc(F)cs1)(c1ccccc1)c1ccccc1. The van der Waals surface area contributed by atoms with Crippen LogP contribution in [0.3, 0.4) is 0 Å². The van der Waals surface area contributed by atoms with Crippen LogP contribution in [-0.4, -0.2) is 8.32 Å². The van der Waals surface area contributed by atoms with Crippen LogP contribution in [0.4, 0.5) is 4.39 Å². The highest BCUT2D eigenvalue weighted by atomic mass is 32.1. The third-order valence-corrected chi connectivity index (χ3v) is 10.0. The lowest BCUT2D eigenvalue weighted by atomic mass is 10.2. The average molecular weight is 370 g/mol. The van der Waals surface area contributed by atoms with Gasteiger partial charge in [-0.15, -0.1) is 11.3 Å². The van der Waals surface area contributed by atoms with Gasteiger partial charge in [0.05, 0.1) is 13.5 Å². The van der Waals surface area contributed by atoms with Gasteiger partial charge in [-0.1, -0.05) is 60.7 Å². The summed E-state index contributed by atoms with van der Waals surface area (Å²) in [6.07, 6.45) is 0. The normalized spacial score (nSPS) is 12.3. The summed E-state index contributed by atoms with van der Waals surface area (Å²) < 4.78 is 20.1. The third-order valence-electron chi connectivity index (χ3n) is 4.37. The van der Waals surface area contributed by atoms with E-state index in [1.54, 1.807) is 6.07 Å². The van der Waals surface area contributed by atoms with Gasteiger partial charge in [-0.2, -0.15) is 0 Å². The summed E-state index contributed by atoms with van der Waals surface area (Å²) in [6, 6.07) is 22.2. The van der Waals surface area contributed by atoms with E-state index in [1.165, 1.54) is 27.1 Å². The number of benzene rings is 2. The van der Waals surface area contributed by atoms with Gasteiger partial charge in [0.2, 0.25) is 0 Å². The van der Waals surface area contributed by atoms with Crippen LogP contribution >= 0.6 is 11.3 Å². The predicted molar refractivity (Wildman–Crippen MR) is 106 cm³/mol. The van der Waals surface area contributed by atoms with Crippen LogP contribution in [0.1, 0.15) is 18.7 Å². The maximum absolute atomic E-state index is 13.4. The molecular formula is C21H22FOSSi+. The zero-order valence-corrected chi connectivity index (χ0v) is 16.4. The first-order chi connectivity index (χ1) is 11.9. The van der Waals surface area contributed by atoms with Crippen molar-refractivity contribution in [3.8, 4) is 0 Å². The summed E-state index contributed by atoms with van der Waals surface area (Å²) in [5, 5.41) is 3.56. The van der Waals surface area contributed by atoms with E-state index in [2.05, 4.69) is 45.0 Å². The molecule has 3 aromatic rings. The highest BCUT2D eigenvalue weighted by Gasteiger charge is 2.55. The summed E-state index contributed by atoms with van der Waals surface area (Å²) in [5.74, 6) is -0.204. The van der Waals surface area contributed by atoms with E-state index >= 15 is 0 Å². The molecule has 0 bridgehead atoms. The molecule has 0 saturated heterocycles. The van der Waals surface area contributed by atoms with E-state index in [1.807, 2.05) is 36.4 Å². The molecule has 0 fully saturated rings. The lowest BCUT2D eigenvalue weighted by Gasteiger charge is -2.38. The van der Waals surface area contributed by atoms with Crippen molar-refractivity contribution in [2.75, 3.05) is 0 Å². The Hall–Kier alpha value is -1.88. The second-order valence-corrected chi connectivity index (χ2v) is 12.0. The molecule has 0 spiro atoms. The number of rotatable bonds is 6. The minimum Gasteiger partial charge on any atom is -0.399 e. The topological polar surface area (TPSA) is 9.23 Å². The molecule has 0 aliphatic carbocycles. The summed E-state index contributed by atoms with van der Waals surface area (Å²) in [7, 11) is -2.65. The van der Waals surface area contributed by atoms with E-state index < -0.39 is 8.32 Å². The van der Waals surface area contributed by atoms with Gasteiger partial charge in [-0.3, -0.25) is 0 Å². The molecule has 0 radical (unpaired) electrons. The standard InChI is InChI=1S/C21H22FOSSi/c1-21(2,3)25(19-10-6-4-7-11-19,20-12-8-5-9-13-20)23-15-18-14-17(22)16-24-18/h4-14,16H,1,15H2,2-3H3/q+1. The zero-order valence-electron chi connectivity index (χ0n) is 14.5. The molecule has 0 aliphatic rings. The molecule has 1 aromatic heterocycles. The van der Waals surface area contributed by atoms with Crippen LogP contribution in [-0.2, 0) is 11.0 Å². The van der Waals surface area contributed by atoms with Crippen LogP contribution in [0.2, 0.25) is 5.04 Å². The number of hydrogen-bond acceptors (Lipinski definition) is 2. The van der Waals surface area contributed by atoms with E-state index in [4.69, 9.17) is 4.43 Å². The molecule has 0 unspecified atom stereocenters. The molecule has 1 nitrogen and oxygen atoms in total. The van der Waals surface area contributed by atoms with Crippen LogP contribution in [0, 0.1) is 12.7 Å². The Morgan fingerprint density at radius 1 is 1.00 bits per heavy atom. The Kier molecular flexibility index (Phi) is 5.13. The molecule has 0 saturated carbocycles. The Balaban J connectivity index is 2.11. The summed E-state index contributed by atoms with van der Waals surface area (Å²) in [6.45, 7) is 9.14. The van der Waals surface area contributed by atoms with Crippen molar-refractivity contribution in [1.29, 1.82) is 0 Å². The fourth-order valence-electron chi connectivity index (χ4n) is 3.26. The van der Waals surface area contributed by atoms with Crippen molar-refractivity contribution < 1.29 is 8.82 Å². The monoisotopic (exact) mass is 369 g/mol. The number of halogens is 1. The summed E-state index contributed by atoms with van der Waals surface area (Å²) in [4.78, 5) is 0.894. The minimum absolute atomic E-state index is 0.204. The zero-order chi connectivity index (χ0) is 17.9. The molecule has 2 aromatic carbocycles. The van der Waals surface area contributed by atoms with Crippen LogP contribution in [0.15, 0.2) is 72.1 Å². The molecule has 1 heterocycles. The van der Waals surface area contributed by atoms with Crippen molar-refractivity contribution in [3.05, 3.63) is 89.7 Å². The van der Waals surface area contributed by atoms with E-state index in [0.717, 1.165) is 4.88 Å². The second-order valence-electron chi connectivity index (χ2n) is 6.82. The van der Waals surface area contributed by atoms with Gasteiger partial charge < -0.3 is 4.43 Å². The molecule has 0 aliphatic heterocycles. The fourth-order valence-corrected chi connectivity index (χ4v) is 8.33. The number of hydrogen-bond donors (Lipinski definition) is 0. The molecule has 0 N–H and O–H groups in total. The van der Waals surface area contributed by atoms with Crippen LogP contribution < -0.4 is 10.4 Å². The highest BCUT2D eigenvalue weighted by molar-refractivity contribution is 7.10. The van der Waals surface area contributed by atoms with Gasteiger partial charge in [-0.25, -0.2) is 4.39 Å². The van der Waals surface area contributed by atoms with Crippen molar-refractivity contribution in [1.82, 2.24) is 0 Å². The highest BCUT2D eigenvalue weighted by Crippen LogP contribution is 2.37. The van der Waals surface area contributed by atoms with Gasteiger partial charge in [0.1, 0.15) is 10.9 Å². The molecule has 3 rings (SSSR count). The van der Waals surface area contributed by atoms with Crippen LogP contribution in [0.5, 0.6) is 0 Å². The van der Waals surface area contributed by atoms with Crippen molar-refractivity contribution >= 4 is 30.0 Å². The largest absolute Gasteiger partial charge is 0.399 e. The molecule has 25 heavy (non-hydrogen) atoms. The lowest BCUT2D eigenvalue weighted by Crippen LogP contribution is -2.66. The fraction of sp³-hybridized carbons (Fsp3) is 0.190. The quantitative estimate of drug-likeness (QED) is 0.449. The molecule has 128 valence electrons. The van der Waals surface area contributed by atoms with E-state index in [-0.39, 0.29) is 10.9 Å². The maximum Gasteiger partial charge on any atom is 0.309 e. The minimum atomic E-state index is -2.65. The smallest absolute Gasteiger partial charge is 0.309 e. The Morgan fingerprint density at radius 2 is 1.52 bits per heavy atom. The van der Waals surface area contributed by atoms with Gasteiger partial charge in [0.25, 0.3) is 0 Å². The Bertz CT molecular complexity index is 769. The first-order valence-electron chi connectivity index (χ1n) is 8.27. The Morgan fingerprint density at radius 3 is 1.92 bits per heavy atom. The molecule has 0 atom stereocenters. The van der Waals surface area contributed by atoms with E-state index in [0.29, 0.717) is 6.61 Å². The lowest BCUT2D eigenvalue weighted by molar-refractivity contribution is 0.293. The van der Waals surface area contributed by atoms with Gasteiger partial charge in [0.15, 0.2) is 0 Å². The van der Waals surface area contributed by atoms with Crippen molar-refractivity contribution in [3.63, 3.8) is 0 Å². The van der Waals surface area contributed by atoms with Crippen LogP contribution in [0.25, 0.3) is 0 Å². The molecule has 0 amide bonds. The first kappa shape index (κ1) is 17.9. The van der Waals surface area contributed by atoms with Gasteiger partial charge in [-0.05, 0) is 30.3 Å². The Labute approximate surface area is 154 Å². The number of thiophene rings is 1. The van der Waals surface area contributed by atoms with Crippen molar-refractivity contribution in [2.45, 2.75) is 25.5 Å². The first-order valence-corrected chi connectivity index (χ1v) is 11.1. The summed E-state index contributed by atoms with van der Waals surface area (Å²) in [5.41, 5.74) is 0. The predicted octanol–water partition coefficient (Wildman–Crippen LogP) is 4.78. The molecular weight excluding hydrogens is 347 g/mol.